The van der Waals surface area contributed by atoms with Gasteiger partial charge in [0.15, 0.2) is 0 Å². The molecule has 0 radical (unpaired) electrons. The first-order valence-electron chi connectivity index (χ1n) is 7.96. The van der Waals surface area contributed by atoms with Gasteiger partial charge in [0.25, 0.3) is 5.91 Å². The Morgan fingerprint density at radius 2 is 1.71 bits per heavy atom. The number of rotatable bonds is 5. The lowest BCUT2D eigenvalue weighted by Crippen LogP contribution is -2.49. The van der Waals surface area contributed by atoms with Crippen LogP contribution in [0.2, 0.25) is 0 Å². The molecule has 1 saturated carbocycles. The Labute approximate surface area is 149 Å². The Bertz CT molecular complexity index is 610. The highest BCUT2D eigenvalue weighted by atomic mass is 79.9. The molecule has 6 nitrogen and oxygen atoms in total. The Kier molecular flexibility index (Phi) is 6.36. The second-order valence-electron chi connectivity index (χ2n) is 6.10. The summed E-state index contributed by atoms with van der Waals surface area (Å²) in [7, 11) is 0. The zero-order valence-electron chi connectivity index (χ0n) is 13.4. The van der Waals surface area contributed by atoms with Crippen LogP contribution in [0, 0.1) is 5.92 Å². The Morgan fingerprint density at radius 3 is 2.25 bits per heavy atom. The number of benzene rings is 1. The van der Waals surface area contributed by atoms with Crippen LogP contribution >= 0.6 is 15.9 Å². The predicted octanol–water partition coefficient (Wildman–Crippen LogP) is 2.33. The largest absolute Gasteiger partial charge is 0.481 e. The van der Waals surface area contributed by atoms with Crippen molar-refractivity contribution in [3.63, 3.8) is 0 Å². The molecule has 0 heterocycles. The first-order valence-corrected chi connectivity index (χ1v) is 8.75. The summed E-state index contributed by atoms with van der Waals surface area (Å²) >= 11 is 3.30. The van der Waals surface area contributed by atoms with Gasteiger partial charge in [-0.25, -0.2) is 0 Å². The normalized spacial score (nSPS) is 21.6. The van der Waals surface area contributed by atoms with Crippen LogP contribution in [0.3, 0.4) is 0 Å². The molecule has 0 aromatic heterocycles. The molecule has 0 aliphatic heterocycles. The molecule has 0 spiro atoms. The molecule has 2 amide bonds. The summed E-state index contributed by atoms with van der Waals surface area (Å²) in [5.74, 6) is -1.64. The molecule has 1 atom stereocenters. The summed E-state index contributed by atoms with van der Waals surface area (Å²) in [4.78, 5) is 35.2. The third-order valence-corrected chi connectivity index (χ3v) is 4.80. The molecule has 24 heavy (non-hydrogen) atoms. The van der Waals surface area contributed by atoms with Crippen LogP contribution in [-0.4, -0.2) is 35.0 Å². The van der Waals surface area contributed by atoms with Crippen LogP contribution in [0.4, 0.5) is 0 Å². The molecule has 3 N–H and O–H groups in total. The van der Waals surface area contributed by atoms with E-state index in [1.807, 2.05) is 0 Å². The lowest BCUT2D eigenvalue weighted by atomic mass is 9.86. The summed E-state index contributed by atoms with van der Waals surface area (Å²) in [6.45, 7) is 1.63. The maximum absolute atomic E-state index is 12.2. The van der Waals surface area contributed by atoms with E-state index in [9.17, 15) is 14.4 Å². The number of carbonyl (C=O) groups is 3. The van der Waals surface area contributed by atoms with Gasteiger partial charge in [-0.2, -0.15) is 0 Å². The quantitative estimate of drug-likeness (QED) is 0.711. The van der Waals surface area contributed by atoms with Crippen LogP contribution in [0.15, 0.2) is 28.7 Å². The molecule has 2 rings (SSSR count). The molecule has 7 heteroatoms. The lowest BCUT2D eigenvalue weighted by molar-refractivity contribution is -0.142. The minimum absolute atomic E-state index is 0.0277. The fourth-order valence-corrected chi connectivity index (χ4v) is 3.02. The van der Waals surface area contributed by atoms with E-state index in [2.05, 4.69) is 26.6 Å². The molecule has 1 aromatic rings. The number of carboxylic acids is 1. The summed E-state index contributed by atoms with van der Waals surface area (Å²) in [5, 5.41) is 14.5. The Morgan fingerprint density at radius 1 is 1.12 bits per heavy atom. The van der Waals surface area contributed by atoms with E-state index >= 15 is 0 Å². The van der Waals surface area contributed by atoms with Gasteiger partial charge in [-0.3, -0.25) is 14.4 Å². The number of halogens is 1. The maximum Gasteiger partial charge on any atom is 0.306 e. The topological polar surface area (TPSA) is 95.5 Å². The van der Waals surface area contributed by atoms with Gasteiger partial charge in [0.2, 0.25) is 5.91 Å². The molecule has 0 bridgehead atoms. The summed E-state index contributed by atoms with van der Waals surface area (Å²) < 4.78 is 0.877. The number of amides is 2. The van der Waals surface area contributed by atoms with Crippen molar-refractivity contribution >= 4 is 33.7 Å². The molecule has 130 valence electrons. The Balaban J connectivity index is 1.81. The van der Waals surface area contributed by atoms with E-state index in [0.29, 0.717) is 31.2 Å². The monoisotopic (exact) mass is 396 g/mol. The molecule has 0 saturated heterocycles. The number of carbonyl (C=O) groups excluding carboxylic acids is 2. The van der Waals surface area contributed by atoms with E-state index < -0.39 is 12.0 Å². The number of hydrogen-bond acceptors (Lipinski definition) is 3. The van der Waals surface area contributed by atoms with Crippen molar-refractivity contribution in [2.45, 2.75) is 44.7 Å². The third-order valence-electron chi connectivity index (χ3n) is 4.27. The van der Waals surface area contributed by atoms with Crippen LogP contribution in [0.25, 0.3) is 0 Å². The standard InChI is InChI=1S/C17H21BrN2O4/c1-10(19-16(22)11-2-6-13(18)7-3-11)15(21)20-14-8-4-12(5-9-14)17(23)24/h2-3,6-7,10,12,14H,4-5,8-9H2,1H3,(H,19,22)(H,20,21)(H,23,24). The number of hydrogen-bond donors (Lipinski definition) is 3. The van der Waals surface area contributed by atoms with E-state index in [1.54, 1.807) is 31.2 Å². The van der Waals surface area contributed by atoms with Gasteiger partial charge < -0.3 is 15.7 Å². The predicted molar refractivity (Wildman–Crippen MR) is 92.6 cm³/mol. The minimum Gasteiger partial charge on any atom is -0.481 e. The van der Waals surface area contributed by atoms with Crippen LogP contribution < -0.4 is 10.6 Å². The average Bonchev–Trinajstić information content (AvgIpc) is 2.55. The molecule has 1 aromatic carbocycles. The fraction of sp³-hybridized carbons (Fsp3) is 0.471. The summed E-state index contributed by atoms with van der Waals surface area (Å²) in [5.41, 5.74) is 0.486. The average molecular weight is 397 g/mol. The third kappa shape index (κ3) is 5.06. The van der Waals surface area contributed by atoms with Crippen molar-refractivity contribution < 1.29 is 19.5 Å². The van der Waals surface area contributed by atoms with Crippen LogP contribution in [0.1, 0.15) is 43.0 Å². The van der Waals surface area contributed by atoms with Crippen molar-refractivity contribution in [1.29, 1.82) is 0 Å². The van der Waals surface area contributed by atoms with E-state index in [4.69, 9.17) is 5.11 Å². The van der Waals surface area contributed by atoms with Gasteiger partial charge in [0.1, 0.15) is 6.04 Å². The van der Waals surface area contributed by atoms with Crippen molar-refractivity contribution in [2.75, 3.05) is 0 Å². The van der Waals surface area contributed by atoms with Gasteiger partial charge in [0.05, 0.1) is 5.92 Å². The van der Waals surface area contributed by atoms with E-state index in [-0.39, 0.29) is 23.8 Å². The van der Waals surface area contributed by atoms with E-state index in [0.717, 1.165) is 4.47 Å². The van der Waals surface area contributed by atoms with Gasteiger partial charge in [-0.1, -0.05) is 15.9 Å². The van der Waals surface area contributed by atoms with Crippen molar-refractivity contribution in [1.82, 2.24) is 10.6 Å². The highest BCUT2D eigenvalue weighted by Gasteiger charge is 2.28. The second kappa shape index (κ2) is 8.28. The molecule has 1 unspecified atom stereocenters. The molecule has 1 aliphatic rings. The number of nitrogens with one attached hydrogen (secondary N) is 2. The van der Waals surface area contributed by atoms with Gasteiger partial charge in [-0.15, -0.1) is 0 Å². The Hall–Kier alpha value is -1.89. The molecule has 1 aliphatic carbocycles. The van der Waals surface area contributed by atoms with Gasteiger partial charge >= 0.3 is 5.97 Å². The smallest absolute Gasteiger partial charge is 0.306 e. The summed E-state index contributed by atoms with van der Waals surface area (Å²) in [6, 6.07) is 6.20. The lowest BCUT2D eigenvalue weighted by Gasteiger charge is -2.28. The number of carboxylic acid groups (broad SMARTS) is 1. The van der Waals surface area contributed by atoms with Gasteiger partial charge in [-0.05, 0) is 56.9 Å². The van der Waals surface area contributed by atoms with E-state index in [1.165, 1.54) is 0 Å². The molecule has 1 fully saturated rings. The maximum atomic E-state index is 12.2. The van der Waals surface area contributed by atoms with Crippen molar-refractivity contribution in [3.05, 3.63) is 34.3 Å². The fourth-order valence-electron chi connectivity index (χ4n) is 2.76. The summed E-state index contributed by atoms with van der Waals surface area (Å²) in [6.07, 6.45) is 2.44. The van der Waals surface area contributed by atoms with Crippen molar-refractivity contribution in [2.24, 2.45) is 5.92 Å². The first-order chi connectivity index (χ1) is 11.4. The van der Waals surface area contributed by atoms with Crippen LogP contribution in [-0.2, 0) is 9.59 Å². The van der Waals surface area contributed by atoms with Crippen molar-refractivity contribution in [3.8, 4) is 0 Å². The minimum atomic E-state index is -0.769. The zero-order valence-corrected chi connectivity index (χ0v) is 15.0. The SMILES string of the molecule is CC(NC(=O)c1ccc(Br)cc1)C(=O)NC1CCC(C(=O)O)CC1. The zero-order chi connectivity index (χ0) is 17.7. The molecular weight excluding hydrogens is 376 g/mol. The highest BCUT2D eigenvalue weighted by molar-refractivity contribution is 9.10. The van der Waals surface area contributed by atoms with Crippen LogP contribution in [0.5, 0.6) is 0 Å². The number of aliphatic carboxylic acids is 1. The van der Waals surface area contributed by atoms with Gasteiger partial charge in [0, 0.05) is 16.1 Å². The molecular formula is C17H21BrN2O4. The first kappa shape index (κ1) is 18.4. The second-order valence-corrected chi connectivity index (χ2v) is 7.01. The highest BCUT2D eigenvalue weighted by Crippen LogP contribution is 2.24.